The molecule has 32 heavy (non-hydrogen) atoms. The first kappa shape index (κ1) is 25.5. The summed E-state index contributed by atoms with van der Waals surface area (Å²) in [6.07, 6.45) is 6.44. The highest BCUT2D eigenvalue weighted by Crippen LogP contribution is 2.27. The highest BCUT2D eigenvalue weighted by atomic mass is 127. The summed E-state index contributed by atoms with van der Waals surface area (Å²) in [5, 5.41) is 6.71. The summed E-state index contributed by atoms with van der Waals surface area (Å²) < 4.78 is 12.7. The van der Waals surface area contributed by atoms with Crippen LogP contribution in [0.3, 0.4) is 0 Å². The number of nitrogens with one attached hydrogen (secondary N) is 2. The molecule has 0 spiro atoms. The van der Waals surface area contributed by atoms with Crippen LogP contribution < -0.4 is 20.1 Å². The van der Waals surface area contributed by atoms with Crippen LogP contribution in [0, 0.1) is 0 Å². The molecule has 1 aromatic heterocycles. The number of imidazole rings is 1. The van der Waals surface area contributed by atoms with Crippen LogP contribution in [0.2, 0.25) is 0 Å². The zero-order chi connectivity index (χ0) is 21.9. The molecule has 0 aliphatic rings. The largest absolute Gasteiger partial charge is 0.493 e. The van der Waals surface area contributed by atoms with Crippen molar-refractivity contribution in [2.75, 3.05) is 27.3 Å². The fourth-order valence-electron chi connectivity index (χ4n) is 3.21. The number of hydrogen-bond donors (Lipinski definition) is 2. The van der Waals surface area contributed by atoms with Gasteiger partial charge in [0.2, 0.25) is 0 Å². The average Bonchev–Trinajstić information content (AvgIpc) is 3.31. The van der Waals surface area contributed by atoms with Crippen LogP contribution in [-0.2, 0) is 19.5 Å². The van der Waals surface area contributed by atoms with E-state index in [1.807, 2.05) is 24.7 Å². The average molecular weight is 549 g/mol. The molecule has 0 atom stereocenters. The van der Waals surface area contributed by atoms with Gasteiger partial charge in [-0.3, -0.25) is 0 Å². The first-order chi connectivity index (χ1) is 15.2. The van der Waals surface area contributed by atoms with Gasteiger partial charge in [-0.2, -0.15) is 0 Å². The molecule has 0 amide bonds. The van der Waals surface area contributed by atoms with Gasteiger partial charge >= 0.3 is 0 Å². The van der Waals surface area contributed by atoms with Gasteiger partial charge < -0.3 is 24.7 Å². The molecule has 3 aromatic rings. The van der Waals surface area contributed by atoms with Crippen molar-refractivity contribution in [3.63, 3.8) is 0 Å². The monoisotopic (exact) mass is 549 g/mol. The van der Waals surface area contributed by atoms with Gasteiger partial charge in [-0.1, -0.05) is 30.3 Å². The lowest BCUT2D eigenvalue weighted by atomic mass is 10.1. The van der Waals surface area contributed by atoms with Gasteiger partial charge in [-0.15, -0.1) is 24.0 Å². The quantitative estimate of drug-likeness (QED) is 0.228. The number of aromatic nitrogens is 2. The van der Waals surface area contributed by atoms with E-state index >= 15 is 0 Å². The Labute approximate surface area is 207 Å². The second-order valence-corrected chi connectivity index (χ2v) is 7.11. The molecular weight excluding hydrogens is 517 g/mol. The molecule has 0 radical (unpaired) electrons. The number of ether oxygens (including phenoxy) is 2. The zero-order valence-electron chi connectivity index (χ0n) is 18.9. The number of halogens is 1. The van der Waals surface area contributed by atoms with Crippen molar-refractivity contribution in [2.45, 2.75) is 26.4 Å². The number of hydrogen-bond acceptors (Lipinski definition) is 4. The first-order valence-corrected chi connectivity index (χ1v) is 10.5. The van der Waals surface area contributed by atoms with Gasteiger partial charge in [0.15, 0.2) is 17.5 Å². The summed E-state index contributed by atoms with van der Waals surface area (Å²) in [4.78, 5) is 8.80. The predicted octanol–water partition coefficient (Wildman–Crippen LogP) is 3.86. The fourth-order valence-corrected chi connectivity index (χ4v) is 3.21. The van der Waals surface area contributed by atoms with E-state index in [4.69, 9.17) is 14.5 Å². The van der Waals surface area contributed by atoms with Gasteiger partial charge in [-0.05, 0) is 42.2 Å². The number of rotatable bonds is 10. The molecule has 0 saturated heterocycles. The summed E-state index contributed by atoms with van der Waals surface area (Å²) in [6.45, 7) is 5.09. The highest BCUT2D eigenvalue weighted by Gasteiger charge is 2.05. The highest BCUT2D eigenvalue weighted by molar-refractivity contribution is 14.0. The molecule has 2 aromatic carbocycles. The third-order valence-corrected chi connectivity index (χ3v) is 4.87. The molecule has 8 heteroatoms. The van der Waals surface area contributed by atoms with E-state index in [1.165, 1.54) is 16.7 Å². The van der Waals surface area contributed by atoms with Gasteiger partial charge in [0, 0.05) is 32.0 Å². The Bertz CT molecular complexity index is 959. The van der Waals surface area contributed by atoms with Gasteiger partial charge in [0.25, 0.3) is 0 Å². The Kier molecular flexibility index (Phi) is 10.9. The lowest BCUT2D eigenvalue weighted by Gasteiger charge is -2.13. The summed E-state index contributed by atoms with van der Waals surface area (Å²) in [5.74, 6) is 2.30. The normalized spacial score (nSPS) is 10.9. The molecule has 0 saturated carbocycles. The van der Waals surface area contributed by atoms with E-state index < -0.39 is 0 Å². The lowest BCUT2D eigenvalue weighted by Crippen LogP contribution is -2.38. The Morgan fingerprint density at radius 2 is 1.69 bits per heavy atom. The third kappa shape index (κ3) is 7.74. The topological polar surface area (TPSA) is 72.7 Å². The van der Waals surface area contributed by atoms with Crippen LogP contribution in [0.25, 0.3) is 0 Å². The molecule has 3 rings (SSSR count). The Morgan fingerprint density at radius 3 is 2.34 bits per heavy atom. The Morgan fingerprint density at radius 1 is 0.969 bits per heavy atom. The summed E-state index contributed by atoms with van der Waals surface area (Å²) >= 11 is 0. The van der Waals surface area contributed by atoms with Gasteiger partial charge in [0.1, 0.15) is 0 Å². The van der Waals surface area contributed by atoms with Crippen molar-refractivity contribution in [3.8, 4) is 11.5 Å². The van der Waals surface area contributed by atoms with Crippen molar-refractivity contribution in [1.29, 1.82) is 0 Å². The predicted molar refractivity (Wildman–Crippen MR) is 139 cm³/mol. The molecule has 1 heterocycles. The molecule has 7 nitrogen and oxygen atoms in total. The maximum Gasteiger partial charge on any atom is 0.191 e. The molecule has 0 fully saturated rings. The van der Waals surface area contributed by atoms with E-state index in [2.05, 4.69) is 57.4 Å². The number of nitrogens with zero attached hydrogens (tertiary/aromatic N) is 3. The maximum atomic E-state index is 5.38. The molecule has 0 aliphatic heterocycles. The van der Waals surface area contributed by atoms with Crippen molar-refractivity contribution < 1.29 is 9.47 Å². The number of benzene rings is 2. The second-order valence-electron chi connectivity index (χ2n) is 7.11. The molecular formula is C24H32IN5O2. The van der Waals surface area contributed by atoms with Crippen LogP contribution >= 0.6 is 24.0 Å². The molecule has 2 N–H and O–H groups in total. The van der Waals surface area contributed by atoms with E-state index in [1.54, 1.807) is 20.4 Å². The summed E-state index contributed by atoms with van der Waals surface area (Å²) in [7, 11) is 3.30. The Balaban J connectivity index is 0.00000363. The maximum absolute atomic E-state index is 5.38. The van der Waals surface area contributed by atoms with Crippen molar-refractivity contribution in [1.82, 2.24) is 20.2 Å². The smallest absolute Gasteiger partial charge is 0.191 e. The van der Waals surface area contributed by atoms with E-state index in [0.717, 1.165) is 43.5 Å². The van der Waals surface area contributed by atoms with E-state index in [9.17, 15) is 0 Å². The molecule has 0 aliphatic carbocycles. The SMILES string of the molecule is CCNC(=NCc1ccc(Cn2ccnc2)cc1)NCCc1ccc(OC)c(OC)c1.I. The van der Waals surface area contributed by atoms with Crippen molar-refractivity contribution >= 4 is 29.9 Å². The van der Waals surface area contributed by atoms with Crippen LogP contribution in [0.1, 0.15) is 23.6 Å². The van der Waals surface area contributed by atoms with Crippen LogP contribution in [-0.4, -0.2) is 42.8 Å². The van der Waals surface area contributed by atoms with Crippen LogP contribution in [0.5, 0.6) is 11.5 Å². The number of methoxy groups -OCH3 is 2. The molecule has 0 bridgehead atoms. The lowest BCUT2D eigenvalue weighted by molar-refractivity contribution is 0.354. The van der Waals surface area contributed by atoms with Crippen LogP contribution in [0.4, 0.5) is 0 Å². The summed E-state index contributed by atoms with van der Waals surface area (Å²) in [5.41, 5.74) is 3.59. The second kappa shape index (κ2) is 13.6. The molecule has 172 valence electrons. The fraction of sp³-hybridized carbons (Fsp3) is 0.333. The van der Waals surface area contributed by atoms with E-state index in [-0.39, 0.29) is 24.0 Å². The minimum Gasteiger partial charge on any atom is -0.493 e. The minimum atomic E-state index is 0. The third-order valence-electron chi connectivity index (χ3n) is 4.87. The zero-order valence-corrected chi connectivity index (χ0v) is 21.2. The Hall–Kier alpha value is -2.75. The standard InChI is InChI=1S/C24H31N5O2.HI/c1-4-26-24(27-12-11-19-9-10-22(30-2)23(15-19)31-3)28-16-20-5-7-21(8-6-20)17-29-14-13-25-18-29;/h5-10,13-15,18H,4,11-12,16-17H2,1-3H3,(H2,26,27,28);1H. The van der Waals surface area contributed by atoms with E-state index in [0.29, 0.717) is 6.54 Å². The van der Waals surface area contributed by atoms with Gasteiger partial charge in [0.05, 0.1) is 27.1 Å². The number of aliphatic imine (C=N–C) groups is 1. The van der Waals surface area contributed by atoms with Crippen LogP contribution in [0.15, 0.2) is 66.2 Å². The first-order valence-electron chi connectivity index (χ1n) is 10.5. The minimum absolute atomic E-state index is 0. The summed E-state index contributed by atoms with van der Waals surface area (Å²) in [6, 6.07) is 14.5. The number of guanidine groups is 1. The molecule has 0 unspecified atom stereocenters. The van der Waals surface area contributed by atoms with Crippen molar-refractivity contribution in [2.24, 2.45) is 4.99 Å². The van der Waals surface area contributed by atoms with Gasteiger partial charge in [-0.25, -0.2) is 9.98 Å². The van der Waals surface area contributed by atoms with Crippen molar-refractivity contribution in [3.05, 3.63) is 77.9 Å².